The lowest BCUT2D eigenvalue weighted by molar-refractivity contribution is -0.0199. The van der Waals surface area contributed by atoms with E-state index in [-0.39, 0.29) is 0 Å². The van der Waals surface area contributed by atoms with Crippen LogP contribution in [0.1, 0.15) is 46.0 Å². The third-order valence-electron chi connectivity index (χ3n) is 6.17. The Hall–Kier alpha value is -3.60. The second-order valence-electron chi connectivity index (χ2n) is 8.68. The Bertz CT molecular complexity index is 1160. The lowest BCUT2D eigenvalue weighted by atomic mass is 10.1. The van der Waals surface area contributed by atoms with Crippen LogP contribution in [0.25, 0.3) is 11.1 Å². The first-order valence-electron chi connectivity index (χ1n) is 11.3. The van der Waals surface area contributed by atoms with Gasteiger partial charge >= 0.3 is 0 Å². The first-order valence-corrected chi connectivity index (χ1v) is 11.3. The normalized spacial score (nSPS) is 12.8. The molecule has 0 aliphatic carbocycles. The van der Waals surface area contributed by atoms with Gasteiger partial charge in [0.25, 0.3) is 0 Å². The smallest absolute Gasteiger partial charge is 0.224 e. The summed E-state index contributed by atoms with van der Waals surface area (Å²) in [5.41, 5.74) is 8.06. The average Bonchev–Trinajstić information content (AvgIpc) is 2.83. The molecule has 0 radical (unpaired) electrons. The van der Waals surface area contributed by atoms with E-state index in [2.05, 4.69) is 0 Å². The molecule has 0 bridgehead atoms. The maximum absolute atomic E-state index is 10.4. The Morgan fingerprint density at radius 3 is 1.15 bits per heavy atom. The standard InChI is InChI=1S/C30H30O4/c1-19-5-7-25(17-21(19)3)29(31)33-27-13-9-23(10-14-27)24-11-15-28(16-12-24)34-30(32)26-8-6-20(2)22(4)18-26/h5-18,29-32H,1-4H3. The Labute approximate surface area is 201 Å². The van der Waals surface area contributed by atoms with E-state index in [1.54, 1.807) is 0 Å². The van der Waals surface area contributed by atoms with Gasteiger partial charge in [-0.05, 0) is 97.5 Å². The number of aliphatic hydroxyl groups excluding tert-OH is 2. The fraction of sp³-hybridized carbons (Fsp3) is 0.200. The molecule has 0 spiro atoms. The van der Waals surface area contributed by atoms with Crippen LogP contribution in [0.5, 0.6) is 11.5 Å². The quantitative estimate of drug-likeness (QED) is 0.304. The molecular formula is C30H30O4. The SMILES string of the molecule is Cc1ccc(C(O)Oc2ccc(-c3ccc(OC(O)c4ccc(C)c(C)c4)cc3)cc2)cc1C. The van der Waals surface area contributed by atoms with Gasteiger partial charge in [-0.1, -0.05) is 48.5 Å². The molecule has 0 aromatic heterocycles. The monoisotopic (exact) mass is 454 g/mol. The molecule has 174 valence electrons. The largest absolute Gasteiger partial charge is 0.461 e. The van der Waals surface area contributed by atoms with E-state index in [9.17, 15) is 10.2 Å². The minimum absolute atomic E-state index is 0.589. The molecule has 0 fully saturated rings. The van der Waals surface area contributed by atoms with E-state index in [4.69, 9.17) is 9.47 Å². The second kappa shape index (κ2) is 10.1. The summed E-state index contributed by atoms with van der Waals surface area (Å²) < 4.78 is 11.4. The molecule has 4 nitrogen and oxygen atoms in total. The molecular weight excluding hydrogens is 424 g/mol. The number of ether oxygens (including phenoxy) is 2. The molecule has 4 aromatic rings. The van der Waals surface area contributed by atoms with Crippen LogP contribution in [0, 0.1) is 27.7 Å². The third kappa shape index (κ3) is 5.48. The van der Waals surface area contributed by atoms with E-state index in [1.165, 1.54) is 11.1 Å². The van der Waals surface area contributed by atoms with Crippen molar-refractivity contribution >= 4 is 0 Å². The second-order valence-corrected chi connectivity index (χ2v) is 8.68. The topological polar surface area (TPSA) is 58.9 Å². The van der Waals surface area contributed by atoms with E-state index < -0.39 is 12.6 Å². The maximum atomic E-state index is 10.4. The van der Waals surface area contributed by atoms with Gasteiger partial charge in [-0.2, -0.15) is 0 Å². The van der Waals surface area contributed by atoms with Gasteiger partial charge in [0.1, 0.15) is 11.5 Å². The molecule has 34 heavy (non-hydrogen) atoms. The number of aliphatic hydroxyl groups is 2. The average molecular weight is 455 g/mol. The van der Waals surface area contributed by atoms with Crippen LogP contribution in [-0.2, 0) is 0 Å². The molecule has 4 heteroatoms. The Morgan fingerprint density at radius 2 is 0.824 bits per heavy atom. The van der Waals surface area contributed by atoms with Crippen LogP contribution in [0.15, 0.2) is 84.9 Å². The highest BCUT2D eigenvalue weighted by Crippen LogP contribution is 2.28. The molecule has 2 unspecified atom stereocenters. The first-order chi connectivity index (χ1) is 16.3. The van der Waals surface area contributed by atoms with Crippen LogP contribution in [0.4, 0.5) is 0 Å². The zero-order valence-electron chi connectivity index (χ0n) is 19.9. The summed E-state index contributed by atoms with van der Waals surface area (Å²) >= 11 is 0. The molecule has 0 heterocycles. The minimum Gasteiger partial charge on any atom is -0.461 e. The zero-order chi connectivity index (χ0) is 24.2. The third-order valence-corrected chi connectivity index (χ3v) is 6.17. The molecule has 2 N–H and O–H groups in total. The van der Waals surface area contributed by atoms with Crippen molar-refractivity contribution in [2.45, 2.75) is 40.3 Å². The summed E-state index contributed by atoms with van der Waals surface area (Å²) in [6.07, 6.45) is -2.05. The van der Waals surface area contributed by atoms with Crippen molar-refractivity contribution in [3.8, 4) is 22.6 Å². The molecule has 0 aliphatic rings. The van der Waals surface area contributed by atoms with Gasteiger partial charge in [0.05, 0.1) is 0 Å². The van der Waals surface area contributed by atoms with Crippen LogP contribution in [-0.4, -0.2) is 10.2 Å². The van der Waals surface area contributed by atoms with Crippen molar-refractivity contribution in [2.24, 2.45) is 0 Å². The highest BCUT2D eigenvalue weighted by atomic mass is 16.6. The van der Waals surface area contributed by atoms with Crippen LogP contribution < -0.4 is 9.47 Å². The Balaban J connectivity index is 1.39. The van der Waals surface area contributed by atoms with E-state index in [0.717, 1.165) is 33.4 Å². The maximum Gasteiger partial charge on any atom is 0.224 e. The molecule has 2 atom stereocenters. The Morgan fingerprint density at radius 1 is 0.471 bits per heavy atom. The fourth-order valence-corrected chi connectivity index (χ4v) is 3.68. The number of benzene rings is 4. The zero-order valence-corrected chi connectivity index (χ0v) is 19.9. The lowest BCUT2D eigenvalue weighted by Gasteiger charge is -2.16. The Kier molecular flexibility index (Phi) is 7.01. The van der Waals surface area contributed by atoms with Crippen molar-refractivity contribution in [3.05, 3.63) is 118 Å². The van der Waals surface area contributed by atoms with Gasteiger partial charge in [0, 0.05) is 11.1 Å². The highest BCUT2D eigenvalue weighted by Gasteiger charge is 2.12. The predicted molar refractivity (Wildman–Crippen MR) is 135 cm³/mol. The van der Waals surface area contributed by atoms with Gasteiger partial charge in [0.2, 0.25) is 12.6 Å². The van der Waals surface area contributed by atoms with Gasteiger partial charge in [-0.25, -0.2) is 0 Å². The number of aryl methyl sites for hydroxylation is 4. The number of rotatable bonds is 7. The summed E-state index contributed by atoms with van der Waals surface area (Å²) in [6.45, 7) is 8.11. The van der Waals surface area contributed by atoms with Crippen LogP contribution in [0.2, 0.25) is 0 Å². The van der Waals surface area contributed by atoms with Crippen LogP contribution in [0.3, 0.4) is 0 Å². The first kappa shape index (κ1) is 23.6. The molecule has 4 aromatic carbocycles. The molecule has 0 amide bonds. The van der Waals surface area contributed by atoms with E-state index in [1.807, 2.05) is 113 Å². The van der Waals surface area contributed by atoms with Crippen LogP contribution >= 0.6 is 0 Å². The summed E-state index contributed by atoms with van der Waals surface area (Å²) in [6, 6.07) is 26.7. The summed E-state index contributed by atoms with van der Waals surface area (Å²) in [5, 5.41) is 20.9. The summed E-state index contributed by atoms with van der Waals surface area (Å²) in [4.78, 5) is 0. The van der Waals surface area contributed by atoms with Gasteiger partial charge in [0.15, 0.2) is 0 Å². The summed E-state index contributed by atoms with van der Waals surface area (Å²) in [5.74, 6) is 1.18. The fourth-order valence-electron chi connectivity index (χ4n) is 3.68. The van der Waals surface area contributed by atoms with Gasteiger partial charge in [-0.15, -0.1) is 0 Å². The van der Waals surface area contributed by atoms with E-state index in [0.29, 0.717) is 11.5 Å². The molecule has 4 rings (SSSR count). The summed E-state index contributed by atoms with van der Waals surface area (Å²) in [7, 11) is 0. The van der Waals surface area contributed by atoms with Crippen molar-refractivity contribution in [2.75, 3.05) is 0 Å². The minimum atomic E-state index is -1.02. The van der Waals surface area contributed by atoms with Crippen molar-refractivity contribution in [1.29, 1.82) is 0 Å². The van der Waals surface area contributed by atoms with E-state index >= 15 is 0 Å². The number of hydrogen-bond donors (Lipinski definition) is 2. The van der Waals surface area contributed by atoms with Crippen molar-refractivity contribution < 1.29 is 19.7 Å². The lowest BCUT2D eigenvalue weighted by Crippen LogP contribution is -2.07. The molecule has 0 aliphatic heterocycles. The molecule has 0 saturated carbocycles. The van der Waals surface area contributed by atoms with Gasteiger partial charge in [-0.3, -0.25) is 0 Å². The predicted octanol–water partition coefficient (Wildman–Crippen LogP) is 6.73. The number of hydrogen-bond acceptors (Lipinski definition) is 4. The van der Waals surface area contributed by atoms with Crippen molar-refractivity contribution in [1.82, 2.24) is 0 Å². The van der Waals surface area contributed by atoms with Gasteiger partial charge < -0.3 is 19.7 Å². The van der Waals surface area contributed by atoms with Crippen molar-refractivity contribution in [3.63, 3.8) is 0 Å². The highest BCUT2D eigenvalue weighted by molar-refractivity contribution is 5.65. The molecule has 0 saturated heterocycles.